The van der Waals surface area contributed by atoms with Crippen LogP contribution in [-0.4, -0.2) is 47.8 Å². The summed E-state index contributed by atoms with van der Waals surface area (Å²) in [6, 6.07) is 15.8. The fourth-order valence-corrected chi connectivity index (χ4v) is 3.85. The molecule has 0 saturated carbocycles. The third-order valence-electron chi connectivity index (χ3n) is 5.60. The highest BCUT2D eigenvalue weighted by atomic mass is 16.2. The molecule has 0 unspecified atom stereocenters. The van der Waals surface area contributed by atoms with Crippen LogP contribution in [0.25, 0.3) is 10.9 Å². The van der Waals surface area contributed by atoms with E-state index in [0.29, 0.717) is 18.7 Å². The Morgan fingerprint density at radius 2 is 1.59 bits per heavy atom. The molecular weight excluding hydrogens is 362 g/mol. The Labute approximate surface area is 171 Å². The Morgan fingerprint density at radius 3 is 2.24 bits per heavy atom. The average molecular weight is 387 g/mol. The van der Waals surface area contributed by atoms with Gasteiger partial charge in [-0.25, -0.2) is 0 Å². The van der Waals surface area contributed by atoms with E-state index in [1.165, 1.54) is 0 Å². The number of carbonyl (C=O) groups excluding carboxylic acids is 2. The van der Waals surface area contributed by atoms with Crippen molar-refractivity contribution < 1.29 is 9.59 Å². The van der Waals surface area contributed by atoms with Gasteiger partial charge in [-0.2, -0.15) is 0 Å². The number of aryl methyl sites for hydroxylation is 2. The number of rotatable bonds is 3. The summed E-state index contributed by atoms with van der Waals surface area (Å²) in [5.41, 5.74) is 5.34. The molecule has 1 fully saturated rings. The van der Waals surface area contributed by atoms with E-state index in [0.717, 1.165) is 46.5 Å². The number of hydrogen-bond donors (Lipinski definition) is 0. The standard InChI is InChI=1S/C24H25N3O2/c1-16-4-9-23-20(14-16)15-22(17(2)25-23)24(29)27-12-10-26(11-13-27)21-7-5-19(6-8-21)18(3)28/h4-9,14-15H,10-13H2,1-3H3. The molecule has 1 aliphatic heterocycles. The molecule has 1 saturated heterocycles. The van der Waals surface area contributed by atoms with Gasteiger partial charge in [-0.05, 0) is 63.2 Å². The Kier molecular flexibility index (Phi) is 5.05. The minimum atomic E-state index is 0.0463. The summed E-state index contributed by atoms with van der Waals surface area (Å²) in [4.78, 5) is 33.4. The molecule has 29 heavy (non-hydrogen) atoms. The van der Waals surface area contributed by atoms with Gasteiger partial charge in [-0.15, -0.1) is 0 Å². The van der Waals surface area contributed by atoms with Gasteiger partial charge >= 0.3 is 0 Å². The lowest BCUT2D eigenvalue weighted by Gasteiger charge is -2.36. The summed E-state index contributed by atoms with van der Waals surface area (Å²) in [7, 11) is 0. The second kappa shape index (κ2) is 7.66. The van der Waals surface area contributed by atoms with E-state index < -0.39 is 0 Å². The molecule has 0 N–H and O–H groups in total. The fraction of sp³-hybridized carbons (Fsp3) is 0.292. The van der Waals surface area contributed by atoms with Gasteiger partial charge in [0.15, 0.2) is 5.78 Å². The fourth-order valence-electron chi connectivity index (χ4n) is 3.85. The highest BCUT2D eigenvalue weighted by Gasteiger charge is 2.24. The molecule has 1 amide bonds. The van der Waals surface area contributed by atoms with E-state index in [9.17, 15) is 9.59 Å². The van der Waals surface area contributed by atoms with Gasteiger partial charge in [-0.1, -0.05) is 11.6 Å². The van der Waals surface area contributed by atoms with E-state index in [4.69, 9.17) is 0 Å². The number of anilines is 1. The largest absolute Gasteiger partial charge is 0.368 e. The molecule has 1 aromatic heterocycles. The van der Waals surface area contributed by atoms with Gasteiger partial charge in [0.1, 0.15) is 0 Å². The molecule has 1 aliphatic rings. The first kappa shape index (κ1) is 19.1. The lowest BCUT2D eigenvalue weighted by Crippen LogP contribution is -2.49. The number of hydrogen-bond acceptors (Lipinski definition) is 4. The summed E-state index contributed by atoms with van der Waals surface area (Å²) in [5.74, 6) is 0.117. The number of Topliss-reactive ketones (excluding diaryl/α,β-unsaturated/α-hetero) is 1. The quantitative estimate of drug-likeness (QED) is 0.637. The topological polar surface area (TPSA) is 53.5 Å². The highest BCUT2D eigenvalue weighted by Crippen LogP contribution is 2.22. The molecule has 148 valence electrons. The first-order chi connectivity index (χ1) is 13.9. The Hall–Kier alpha value is -3.21. The van der Waals surface area contributed by atoms with Crippen LogP contribution in [0.4, 0.5) is 5.69 Å². The number of carbonyl (C=O) groups is 2. The lowest BCUT2D eigenvalue weighted by atomic mass is 10.1. The summed E-state index contributed by atoms with van der Waals surface area (Å²) in [6.45, 7) is 8.39. The molecule has 4 rings (SSSR count). The number of aromatic nitrogens is 1. The summed E-state index contributed by atoms with van der Waals surface area (Å²) in [6.07, 6.45) is 0. The summed E-state index contributed by atoms with van der Waals surface area (Å²) in [5, 5.41) is 1.00. The maximum absolute atomic E-state index is 13.1. The monoisotopic (exact) mass is 387 g/mol. The molecule has 5 heteroatoms. The van der Waals surface area contributed by atoms with Crippen molar-refractivity contribution in [3.8, 4) is 0 Å². The van der Waals surface area contributed by atoms with Crippen LogP contribution in [0.15, 0.2) is 48.5 Å². The lowest BCUT2D eigenvalue weighted by molar-refractivity contribution is 0.0745. The first-order valence-electron chi connectivity index (χ1n) is 9.95. The minimum absolute atomic E-state index is 0.0463. The van der Waals surface area contributed by atoms with Gasteiger partial charge in [-0.3, -0.25) is 14.6 Å². The van der Waals surface area contributed by atoms with Crippen molar-refractivity contribution in [3.05, 3.63) is 70.9 Å². The van der Waals surface area contributed by atoms with Crippen molar-refractivity contribution in [3.63, 3.8) is 0 Å². The zero-order valence-corrected chi connectivity index (χ0v) is 17.1. The SMILES string of the molecule is CC(=O)c1ccc(N2CCN(C(=O)c3cc4cc(C)ccc4nc3C)CC2)cc1. The van der Waals surface area contributed by atoms with Crippen LogP contribution in [0, 0.1) is 13.8 Å². The Balaban J connectivity index is 1.48. The van der Waals surface area contributed by atoms with Crippen LogP contribution in [0.5, 0.6) is 0 Å². The number of ketones is 1. The van der Waals surface area contributed by atoms with Gasteiger partial charge < -0.3 is 9.80 Å². The van der Waals surface area contributed by atoms with Crippen LogP contribution in [0.2, 0.25) is 0 Å². The Bertz CT molecular complexity index is 1080. The number of piperazine rings is 1. The maximum Gasteiger partial charge on any atom is 0.255 e. The summed E-state index contributed by atoms with van der Waals surface area (Å²) < 4.78 is 0. The molecule has 0 spiro atoms. The zero-order valence-electron chi connectivity index (χ0n) is 17.1. The molecule has 2 aromatic carbocycles. The maximum atomic E-state index is 13.1. The molecule has 3 aromatic rings. The van der Waals surface area contributed by atoms with E-state index in [2.05, 4.69) is 16.0 Å². The molecule has 5 nitrogen and oxygen atoms in total. The summed E-state index contributed by atoms with van der Waals surface area (Å²) >= 11 is 0. The Morgan fingerprint density at radius 1 is 0.897 bits per heavy atom. The van der Waals surface area contributed by atoms with E-state index in [-0.39, 0.29) is 11.7 Å². The number of fused-ring (bicyclic) bond motifs is 1. The molecule has 0 aliphatic carbocycles. The third kappa shape index (κ3) is 3.86. The molecule has 0 radical (unpaired) electrons. The van der Waals surface area contributed by atoms with Crippen LogP contribution < -0.4 is 4.90 Å². The smallest absolute Gasteiger partial charge is 0.255 e. The van der Waals surface area contributed by atoms with Crippen LogP contribution in [-0.2, 0) is 0 Å². The second-order valence-corrected chi connectivity index (χ2v) is 7.70. The number of amides is 1. The first-order valence-corrected chi connectivity index (χ1v) is 9.95. The molecule has 0 bridgehead atoms. The number of nitrogens with zero attached hydrogens (tertiary/aromatic N) is 3. The highest BCUT2D eigenvalue weighted by molar-refractivity contribution is 5.99. The van der Waals surface area contributed by atoms with Crippen molar-refractivity contribution in [1.82, 2.24) is 9.88 Å². The van der Waals surface area contributed by atoms with E-state index in [1.54, 1.807) is 6.92 Å². The third-order valence-corrected chi connectivity index (χ3v) is 5.60. The zero-order chi connectivity index (χ0) is 20.5. The predicted molar refractivity (Wildman–Crippen MR) is 116 cm³/mol. The second-order valence-electron chi connectivity index (χ2n) is 7.70. The molecular formula is C24H25N3O2. The van der Waals surface area contributed by atoms with Crippen molar-refractivity contribution in [1.29, 1.82) is 0 Å². The van der Waals surface area contributed by atoms with Crippen molar-refractivity contribution in [2.75, 3.05) is 31.1 Å². The van der Waals surface area contributed by atoms with Crippen LogP contribution in [0.3, 0.4) is 0 Å². The average Bonchev–Trinajstić information content (AvgIpc) is 2.73. The van der Waals surface area contributed by atoms with Gasteiger partial charge in [0.05, 0.1) is 16.8 Å². The van der Waals surface area contributed by atoms with Gasteiger partial charge in [0, 0.05) is 42.8 Å². The van der Waals surface area contributed by atoms with Gasteiger partial charge in [0.2, 0.25) is 0 Å². The van der Waals surface area contributed by atoms with E-state index >= 15 is 0 Å². The van der Waals surface area contributed by atoms with Crippen LogP contribution >= 0.6 is 0 Å². The number of pyridine rings is 1. The van der Waals surface area contributed by atoms with Gasteiger partial charge in [0.25, 0.3) is 5.91 Å². The molecule has 2 heterocycles. The van der Waals surface area contributed by atoms with E-state index in [1.807, 2.05) is 61.2 Å². The minimum Gasteiger partial charge on any atom is -0.368 e. The van der Waals surface area contributed by atoms with Crippen molar-refractivity contribution in [2.45, 2.75) is 20.8 Å². The molecule has 0 atom stereocenters. The van der Waals surface area contributed by atoms with Crippen molar-refractivity contribution >= 4 is 28.3 Å². The van der Waals surface area contributed by atoms with Crippen LogP contribution in [0.1, 0.15) is 38.9 Å². The normalized spacial score (nSPS) is 14.3. The predicted octanol–water partition coefficient (Wildman–Crippen LogP) is 4.02. The van der Waals surface area contributed by atoms with Crippen molar-refractivity contribution in [2.24, 2.45) is 0 Å². The number of benzene rings is 2.